The average Bonchev–Trinajstić information content (AvgIpc) is 2.06. The van der Waals surface area contributed by atoms with Crippen molar-refractivity contribution in [2.75, 3.05) is 6.61 Å². The number of primary amides is 1. The topological polar surface area (TPSA) is 89.1 Å². The van der Waals surface area contributed by atoms with Gasteiger partial charge in [0, 0.05) is 19.0 Å². The fourth-order valence-electron chi connectivity index (χ4n) is 0.740. The Labute approximate surface area is 69.3 Å². The Morgan fingerprint density at radius 3 is 2.50 bits per heavy atom. The quantitative estimate of drug-likeness (QED) is 0.611. The molecule has 0 bridgehead atoms. The first-order valence-electron chi connectivity index (χ1n) is 3.45. The summed E-state index contributed by atoms with van der Waals surface area (Å²) < 4.78 is 0. The second-order valence-electron chi connectivity index (χ2n) is 2.25. The first-order chi connectivity index (χ1) is 5.74. The maximum Gasteiger partial charge on any atom is 0.286 e. The van der Waals surface area contributed by atoms with E-state index < -0.39 is 5.91 Å². The van der Waals surface area contributed by atoms with Crippen LogP contribution in [0.15, 0.2) is 12.4 Å². The minimum Gasteiger partial charge on any atom is -0.396 e. The largest absolute Gasteiger partial charge is 0.396 e. The van der Waals surface area contributed by atoms with E-state index in [1.807, 2.05) is 0 Å². The number of aliphatic hydroxyl groups excluding tert-OH is 1. The minimum atomic E-state index is -0.648. The minimum absolute atomic E-state index is 0.00307. The number of carbonyl (C=O) groups is 1. The van der Waals surface area contributed by atoms with Crippen LogP contribution in [0.5, 0.6) is 0 Å². The highest BCUT2D eigenvalue weighted by atomic mass is 16.2. The summed E-state index contributed by atoms with van der Waals surface area (Å²) in [7, 11) is 0. The van der Waals surface area contributed by atoms with Gasteiger partial charge in [-0.05, 0) is 12.0 Å². The monoisotopic (exact) mass is 167 g/mol. The van der Waals surface area contributed by atoms with Gasteiger partial charge in [-0.3, -0.25) is 4.79 Å². The zero-order valence-corrected chi connectivity index (χ0v) is 6.40. The third kappa shape index (κ3) is 2.00. The van der Waals surface area contributed by atoms with Crippen molar-refractivity contribution in [3.63, 3.8) is 0 Å². The summed E-state index contributed by atoms with van der Waals surface area (Å²) in [5.74, 6) is -0.651. The van der Waals surface area contributed by atoms with Crippen molar-refractivity contribution >= 4 is 5.91 Å². The average molecular weight is 167 g/mol. The second kappa shape index (κ2) is 3.77. The molecule has 1 aromatic heterocycles. The van der Waals surface area contributed by atoms with Crippen LogP contribution in [0.1, 0.15) is 16.2 Å². The number of amides is 1. The molecule has 64 valence electrons. The number of aliphatic hydroxyl groups is 1. The molecule has 1 heterocycles. The van der Waals surface area contributed by atoms with Crippen LogP contribution in [0.4, 0.5) is 0 Å². The van der Waals surface area contributed by atoms with Crippen molar-refractivity contribution in [1.29, 1.82) is 0 Å². The maximum absolute atomic E-state index is 10.5. The molecule has 0 radical (unpaired) electrons. The van der Waals surface area contributed by atoms with Crippen LogP contribution in [0.3, 0.4) is 0 Å². The van der Waals surface area contributed by atoms with Gasteiger partial charge in [0.25, 0.3) is 5.91 Å². The summed E-state index contributed by atoms with van der Waals surface area (Å²) in [6, 6.07) is 0. The van der Waals surface area contributed by atoms with Gasteiger partial charge in [0.2, 0.25) is 5.82 Å². The van der Waals surface area contributed by atoms with Crippen molar-refractivity contribution in [3.05, 3.63) is 23.8 Å². The van der Waals surface area contributed by atoms with Gasteiger partial charge in [-0.1, -0.05) is 0 Å². The molecule has 12 heavy (non-hydrogen) atoms. The van der Waals surface area contributed by atoms with Crippen LogP contribution < -0.4 is 5.73 Å². The summed E-state index contributed by atoms with van der Waals surface area (Å²) >= 11 is 0. The molecule has 3 N–H and O–H groups in total. The molecular formula is C7H9N3O2. The van der Waals surface area contributed by atoms with Crippen molar-refractivity contribution in [1.82, 2.24) is 9.97 Å². The van der Waals surface area contributed by atoms with Gasteiger partial charge in [-0.15, -0.1) is 0 Å². The van der Waals surface area contributed by atoms with E-state index in [0.717, 1.165) is 5.56 Å². The molecular weight excluding hydrogens is 158 g/mol. The number of nitrogens with zero attached hydrogens (tertiary/aromatic N) is 2. The Morgan fingerprint density at radius 1 is 1.50 bits per heavy atom. The van der Waals surface area contributed by atoms with E-state index in [1.54, 1.807) is 0 Å². The molecule has 0 saturated carbocycles. The normalized spacial score (nSPS) is 9.75. The second-order valence-corrected chi connectivity index (χ2v) is 2.25. The van der Waals surface area contributed by atoms with Crippen LogP contribution >= 0.6 is 0 Å². The Bertz CT molecular complexity index is 270. The van der Waals surface area contributed by atoms with Crippen molar-refractivity contribution in [2.24, 2.45) is 5.73 Å². The molecule has 0 atom stereocenters. The van der Waals surface area contributed by atoms with E-state index in [1.165, 1.54) is 12.4 Å². The van der Waals surface area contributed by atoms with E-state index in [4.69, 9.17) is 10.8 Å². The van der Waals surface area contributed by atoms with E-state index in [9.17, 15) is 4.79 Å². The van der Waals surface area contributed by atoms with Gasteiger partial charge in [0.1, 0.15) is 0 Å². The lowest BCUT2D eigenvalue weighted by Crippen LogP contribution is -2.15. The third-order valence-corrected chi connectivity index (χ3v) is 1.33. The van der Waals surface area contributed by atoms with Gasteiger partial charge in [-0.25, -0.2) is 9.97 Å². The van der Waals surface area contributed by atoms with Gasteiger partial charge in [0.05, 0.1) is 0 Å². The molecule has 0 aliphatic rings. The van der Waals surface area contributed by atoms with Crippen LogP contribution in [-0.4, -0.2) is 27.6 Å². The summed E-state index contributed by atoms with van der Waals surface area (Å²) in [5.41, 5.74) is 5.70. The Balaban J connectivity index is 2.78. The summed E-state index contributed by atoms with van der Waals surface area (Å²) in [6.07, 6.45) is 3.44. The smallest absolute Gasteiger partial charge is 0.286 e. The van der Waals surface area contributed by atoms with E-state index >= 15 is 0 Å². The number of aromatic nitrogens is 2. The number of nitrogens with two attached hydrogens (primary N) is 1. The predicted octanol–water partition coefficient (Wildman–Crippen LogP) is -0.890. The van der Waals surface area contributed by atoms with Gasteiger partial charge in [0.15, 0.2) is 0 Å². The summed E-state index contributed by atoms with van der Waals surface area (Å²) in [5, 5.41) is 8.55. The Morgan fingerprint density at radius 2 is 2.08 bits per heavy atom. The SMILES string of the molecule is NC(=O)c1ncc(CCO)cn1. The first-order valence-corrected chi connectivity index (χ1v) is 3.45. The molecule has 0 aromatic carbocycles. The maximum atomic E-state index is 10.5. The Hall–Kier alpha value is -1.49. The molecule has 5 nitrogen and oxygen atoms in total. The molecule has 1 aromatic rings. The molecule has 0 aliphatic heterocycles. The van der Waals surface area contributed by atoms with E-state index in [2.05, 4.69) is 9.97 Å². The molecule has 1 amide bonds. The van der Waals surface area contributed by atoms with Gasteiger partial charge in [-0.2, -0.15) is 0 Å². The summed E-state index contributed by atoms with van der Waals surface area (Å²) in [6.45, 7) is 0.0410. The zero-order valence-electron chi connectivity index (χ0n) is 6.40. The van der Waals surface area contributed by atoms with Crippen LogP contribution in [-0.2, 0) is 6.42 Å². The molecule has 0 fully saturated rings. The predicted molar refractivity (Wildman–Crippen MR) is 41.3 cm³/mol. The van der Waals surface area contributed by atoms with Crippen molar-refractivity contribution < 1.29 is 9.90 Å². The molecule has 0 unspecified atom stereocenters. The molecule has 0 saturated heterocycles. The lowest BCUT2D eigenvalue weighted by atomic mass is 10.2. The van der Waals surface area contributed by atoms with Crippen LogP contribution in [0.25, 0.3) is 0 Å². The van der Waals surface area contributed by atoms with E-state index in [0.29, 0.717) is 6.42 Å². The number of rotatable bonds is 3. The van der Waals surface area contributed by atoms with Crippen LogP contribution in [0.2, 0.25) is 0 Å². The molecule has 1 rings (SSSR count). The number of hydrogen-bond donors (Lipinski definition) is 2. The van der Waals surface area contributed by atoms with Crippen LogP contribution in [0, 0.1) is 0 Å². The fourth-order valence-corrected chi connectivity index (χ4v) is 0.740. The summed E-state index contributed by atoms with van der Waals surface area (Å²) in [4.78, 5) is 17.9. The van der Waals surface area contributed by atoms with Crippen molar-refractivity contribution in [2.45, 2.75) is 6.42 Å². The van der Waals surface area contributed by atoms with Crippen molar-refractivity contribution in [3.8, 4) is 0 Å². The highest BCUT2D eigenvalue weighted by Crippen LogP contribution is 1.95. The lowest BCUT2D eigenvalue weighted by Gasteiger charge is -1.96. The molecule has 0 spiro atoms. The standard InChI is InChI=1S/C7H9N3O2/c8-6(12)7-9-3-5(1-2-11)4-10-7/h3-4,11H,1-2H2,(H2,8,12). The molecule has 5 heteroatoms. The number of hydrogen-bond acceptors (Lipinski definition) is 4. The number of carbonyl (C=O) groups excluding carboxylic acids is 1. The Kier molecular flexibility index (Phi) is 2.71. The highest BCUT2D eigenvalue weighted by Gasteiger charge is 2.02. The van der Waals surface area contributed by atoms with Gasteiger partial charge < -0.3 is 10.8 Å². The van der Waals surface area contributed by atoms with E-state index in [-0.39, 0.29) is 12.4 Å². The van der Waals surface area contributed by atoms with Gasteiger partial charge >= 0.3 is 0 Å². The highest BCUT2D eigenvalue weighted by molar-refractivity contribution is 5.88. The third-order valence-electron chi connectivity index (χ3n) is 1.33. The first kappa shape index (κ1) is 8.61. The molecule has 0 aliphatic carbocycles. The fraction of sp³-hybridized carbons (Fsp3) is 0.286. The zero-order chi connectivity index (χ0) is 8.97. The lowest BCUT2D eigenvalue weighted by molar-refractivity contribution is 0.0990.